The van der Waals surface area contributed by atoms with Gasteiger partial charge < -0.3 is 10.2 Å². The zero-order chi connectivity index (χ0) is 28.3. The highest BCUT2D eigenvalue weighted by atomic mass is 79.9. The molecule has 0 saturated carbocycles. The van der Waals surface area contributed by atoms with Crippen LogP contribution in [0.1, 0.15) is 38.8 Å². The normalized spacial score (nSPS) is 13.1. The smallest absolute Gasteiger partial charge is 0.350 e. The molecule has 2 aromatic carbocycles. The van der Waals surface area contributed by atoms with E-state index in [0.29, 0.717) is 22.0 Å². The number of carbonyl (C=O) groups is 2. The molecule has 7 nitrogen and oxygen atoms in total. The fourth-order valence-electron chi connectivity index (χ4n) is 3.32. The first-order chi connectivity index (χ1) is 16.8. The maximum atomic E-state index is 13.5. The number of carbonyl (C=O) groups excluding carboxylic acids is 2. The summed E-state index contributed by atoms with van der Waals surface area (Å²) in [6.07, 6.45) is -4.01. The molecule has 0 aromatic heterocycles. The van der Waals surface area contributed by atoms with Crippen LogP contribution in [0.25, 0.3) is 0 Å². The van der Waals surface area contributed by atoms with Gasteiger partial charge in [0.25, 0.3) is 0 Å². The largest absolute Gasteiger partial charge is 0.416 e. The third-order valence-corrected chi connectivity index (χ3v) is 7.13. The van der Waals surface area contributed by atoms with Crippen LogP contribution in [0.4, 0.5) is 18.9 Å². The number of sulfonamides is 1. The van der Waals surface area contributed by atoms with Crippen LogP contribution in [0.15, 0.2) is 46.9 Å². The number of hydrogen-bond donors (Lipinski definition) is 1. The molecule has 0 aliphatic rings. The van der Waals surface area contributed by atoms with E-state index in [1.807, 2.05) is 0 Å². The Bertz CT molecular complexity index is 1250. The topological polar surface area (TPSA) is 86.8 Å². The number of anilines is 1. The summed E-state index contributed by atoms with van der Waals surface area (Å²) in [5, 5.41) is 2.49. The predicted molar refractivity (Wildman–Crippen MR) is 141 cm³/mol. The fourth-order valence-corrected chi connectivity index (χ4v) is 4.71. The Morgan fingerprint density at radius 1 is 1.08 bits per heavy atom. The van der Waals surface area contributed by atoms with Gasteiger partial charge in [-0.15, -0.1) is 0 Å². The number of rotatable bonds is 8. The third kappa shape index (κ3) is 8.89. The molecule has 13 heteroatoms. The van der Waals surface area contributed by atoms with Crippen molar-refractivity contribution in [3.05, 3.63) is 63.1 Å². The van der Waals surface area contributed by atoms with Crippen LogP contribution in [0.2, 0.25) is 5.02 Å². The number of halogens is 5. The minimum Gasteiger partial charge on any atom is -0.350 e. The molecule has 0 fully saturated rings. The highest BCUT2D eigenvalue weighted by molar-refractivity contribution is 9.10. The van der Waals surface area contributed by atoms with Crippen molar-refractivity contribution in [3.8, 4) is 0 Å². The van der Waals surface area contributed by atoms with E-state index in [-0.39, 0.29) is 11.6 Å². The Morgan fingerprint density at radius 3 is 2.14 bits per heavy atom. The van der Waals surface area contributed by atoms with Crippen LogP contribution in [-0.2, 0) is 32.3 Å². The van der Waals surface area contributed by atoms with Crippen LogP contribution in [-0.4, -0.2) is 49.5 Å². The summed E-state index contributed by atoms with van der Waals surface area (Å²) in [7, 11) is -4.26. The number of nitrogens with zero attached hydrogens (tertiary/aromatic N) is 2. The Balaban J connectivity index is 2.51. The Morgan fingerprint density at radius 2 is 1.65 bits per heavy atom. The molecular weight excluding hydrogens is 599 g/mol. The quantitative estimate of drug-likeness (QED) is 0.436. The number of nitrogens with one attached hydrogen (secondary N) is 1. The first-order valence-corrected chi connectivity index (χ1v) is 14.0. The summed E-state index contributed by atoms with van der Waals surface area (Å²) >= 11 is 9.40. The van der Waals surface area contributed by atoms with Gasteiger partial charge in [0.2, 0.25) is 21.8 Å². The summed E-state index contributed by atoms with van der Waals surface area (Å²) < 4.78 is 66.5. The lowest BCUT2D eigenvalue weighted by Gasteiger charge is -2.33. The summed E-state index contributed by atoms with van der Waals surface area (Å²) in [4.78, 5) is 27.6. The molecule has 1 atom stereocenters. The summed E-state index contributed by atoms with van der Waals surface area (Å²) in [5.74, 6) is -1.29. The molecule has 37 heavy (non-hydrogen) atoms. The van der Waals surface area contributed by atoms with Gasteiger partial charge in [-0.1, -0.05) is 39.7 Å². The lowest BCUT2D eigenvalue weighted by Crippen LogP contribution is -2.54. The van der Waals surface area contributed by atoms with E-state index in [1.165, 1.54) is 11.8 Å². The van der Waals surface area contributed by atoms with Gasteiger partial charge in [-0.05, 0) is 63.6 Å². The molecule has 0 spiro atoms. The maximum absolute atomic E-state index is 13.5. The molecule has 0 heterocycles. The van der Waals surface area contributed by atoms with Gasteiger partial charge >= 0.3 is 6.18 Å². The van der Waals surface area contributed by atoms with Crippen molar-refractivity contribution < 1.29 is 31.2 Å². The Labute approximate surface area is 228 Å². The average Bonchev–Trinajstić information content (AvgIpc) is 2.74. The van der Waals surface area contributed by atoms with E-state index < -0.39 is 57.4 Å². The molecule has 2 aromatic rings. The maximum Gasteiger partial charge on any atom is 0.416 e. The van der Waals surface area contributed by atoms with Crippen LogP contribution in [0.5, 0.6) is 0 Å². The van der Waals surface area contributed by atoms with Crippen LogP contribution >= 0.6 is 27.5 Å². The van der Waals surface area contributed by atoms with Crippen molar-refractivity contribution in [2.24, 2.45) is 0 Å². The van der Waals surface area contributed by atoms with Crippen LogP contribution in [0, 0.1) is 0 Å². The van der Waals surface area contributed by atoms with Crippen molar-refractivity contribution in [1.29, 1.82) is 0 Å². The van der Waals surface area contributed by atoms with Crippen molar-refractivity contribution in [3.63, 3.8) is 0 Å². The van der Waals surface area contributed by atoms with Gasteiger partial charge in [0, 0.05) is 16.6 Å². The van der Waals surface area contributed by atoms with Gasteiger partial charge in [0.15, 0.2) is 0 Å². The molecule has 204 valence electrons. The van der Waals surface area contributed by atoms with E-state index in [2.05, 4.69) is 21.2 Å². The number of amides is 2. The highest BCUT2D eigenvalue weighted by Crippen LogP contribution is 2.36. The molecule has 0 bridgehead atoms. The zero-order valence-electron chi connectivity index (χ0n) is 20.9. The fraction of sp³-hybridized carbons (Fsp3) is 0.417. The Hall–Kier alpha value is -2.31. The summed E-state index contributed by atoms with van der Waals surface area (Å²) in [5.41, 5.74) is -1.59. The molecular formula is C24H28BrClF3N3O4S. The SMILES string of the molecule is C[C@@H](C(=O)NC(C)(C)C)N(Cc1ccc(Br)cc1)C(=O)CN(c1cc(C(F)(F)F)ccc1Cl)S(C)(=O)=O. The molecule has 0 aliphatic heterocycles. The molecule has 0 unspecified atom stereocenters. The van der Waals surface area contributed by atoms with Crippen molar-refractivity contribution in [2.75, 3.05) is 17.1 Å². The van der Waals surface area contributed by atoms with Gasteiger partial charge in [-0.2, -0.15) is 13.2 Å². The van der Waals surface area contributed by atoms with Crippen molar-refractivity contribution >= 4 is 55.1 Å². The standard InChI is InChI=1S/C24H28BrClF3N3O4S/c1-15(22(34)30-23(2,3)4)31(13-16-6-9-18(25)10-7-16)21(33)14-32(37(5,35)36)20-12-17(24(27,28)29)8-11-19(20)26/h6-12,15H,13-14H2,1-5H3,(H,30,34)/t15-/m0/s1. The van der Waals surface area contributed by atoms with E-state index >= 15 is 0 Å². The van der Waals surface area contributed by atoms with Crippen LogP contribution in [0.3, 0.4) is 0 Å². The number of alkyl halides is 3. The summed E-state index contributed by atoms with van der Waals surface area (Å²) in [6, 6.07) is 8.09. The van der Waals surface area contributed by atoms with Gasteiger partial charge in [-0.3, -0.25) is 13.9 Å². The predicted octanol–water partition coefficient (Wildman–Crippen LogP) is 5.22. The monoisotopic (exact) mass is 625 g/mol. The van der Waals surface area contributed by atoms with E-state index in [0.717, 1.165) is 16.8 Å². The second-order valence-corrected chi connectivity index (χ2v) is 12.7. The first kappa shape index (κ1) is 30.9. The molecule has 0 aliphatic carbocycles. The van der Waals surface area contributed by atoms with E-state index in [4.69, 9.17) is 11.6 Å². The first-order valence-electron chi connectivity index (χ1n) is 11.0. The minimum absolute atomic E-state index is 0.0568. The van der Waals surface area contributed by atoms with Gasteiger partial charge in [0.05, 0.1) is 22.5 Å². The molecule has 0 saturated heterocycles. The van der Waals surface area contributed by atoms with E-state index in [9.17, 15) is 31.2 Å². The average molecular weight is 627 g/mol. The van der Waals surface area contributed by atoms with Crippen molar-refractivity contribution in [2.45, 2.75) is 52.0 Å². The second kappa shape index (κ2) is 11.6. The van der Waals surface area contributed by atoms with Gasteiger partial charge in [0.1, 0.15) is 12.6 Å². The lowest BCUT2D eigenvalue weighted by molar-refractivity contribution is -0.140. The summed E-state index contributed by atoms with van der Waals surface area (Å²) in [6.45, 7) is 5.85. The highest BCUT2D eigenvalue weighted by Gasteiger charge is 2.35. The Kier molecular flexibility index (Phi) is 9.70. The third-order valence-electron chi connectivity index (χ3n) is 5.15. The van der Waals surface area contributed by atoms with E-state index in [1.54, 1.807) is 45.0 Å². The minimum atomic E-state index is -4.76. The molecule has 1 N–H and O–H groups in total. The molecule has 0 radical (unpaired) electrons. The van der Waals surface area contributed by atoms with Crippen LogP contribution < -0.4 is 9.62 Å². The molecule has 2 amide bonds. The number of benzene rings is 2. The second-order valence-electron chi connectivity index (χ2n) is 9.50. The lowest BCUT2D eigenvalue weighted by atomic mass is 10.1. The molecule has 2 rings (SSSR count). The van der Waals surface area contributed by atoms with Crippen molar-refractivity contribution in [1.82, 2.24) is 10.2 Å². The zero-order valence-corrected chi connectivity index (χ0v) is 24.0. The van der Waals surface area contributed by atoms with Gasteiger partial charge in [-0.25, -0.2) is 8.42 Å². The number of hydrogen-bond acceptors (Lipinski definition) is 4.